The predicted molar refractivity (Wildman–Crippen MR) is 56.1 cm³/mol. The van der Waals surface area contributed by atoms with Crippen molar-refractivity contribution in [1.82, 2.24) is 4.90 Å². The molecule has 1 amide bonds. The maximum atomic E-state index is 11.7. The average Bonchev–Trinajstić information content (AvgIpc) is 2.61. The standard InChI is InChI=1S/C11H15NO4/c1-11(2,3)16-10(13)12-5-4-8-9(6-12)15-7-14-8/h4-5H,6-7H2,1-3H3. The lowest BCUT2D eigenvalue weighted by Crippen LogP contribution is -2.35. The fourth-order valence-electron chi connectivity index (χ4n) is 1.39. The molecule has 2 rings (SSSR count). The molecule has 0 bridgehead atoms. The summed E-state index contributed by atoms with van der Waals surface area (Å²) in [6.07, 6.45) is 2.96. The van der Waals surface area contributed by atoms with Crippen molar-refractivity contribution in [2.45, 2.75) is 26.4 Å². The maximum absolute atomic E-state index is 11.7. The van der Waals surface area contributed by atoms with E-state index in [1.165, 1.54) is 4.90 Å². The summed E-state index contributed by atoms with van der Waals surface area (Å²) in [7, 11) is 0. The van der Waals surface area contributed by atoms with Crippen LogP contribution in [0.2, 0.25) is 0 Å². The van der Waals surface area contributed by atoms with Gasteiger partial charge in [0, 0.05) is 12.3 Å². The van der Waals surface area contributed by atoms with Crippen molar-refractivity contribution < 1.29 is 19.0 Å². The summed E-state index contributed by atoms with van der Waals surface area (Å²) in [5, 5.41) is 0. The highest BCUT2D eigenvalue weighted by atomic mass is 16.7. The third-order valence-electron chi connectivity index (χ3n) is 2.07. The minimum atomic E-state index is -0.493. The van der Waals surface area contributed by atoms with E-state index in [2.05, 4.69) is 0 Å². The number of nitrogens with zero attached hydrogens (tertiary/aromatic N) is 1. The Hall–Kier alpha value is -1.65. The van der Waals surface area contributed by atoms with Crippen LogP contribution in [0.15, 0.2) is 23.8 Å². The largest absolute Gasteiger partial charge is 0.456 e. The van der Waals surface area contributed by atoms with Crippen LogP contribution in [0.4, 0.5) is 4.79 Å². The highest BCUT2D eigenvalue weighted by molar-refractivity contribution is 5.70. The molecule has 5 heteroatoms. The van der Waals surface area contributed by atoms with Gasteiger partial charge in [0.05, 0.1) is 6.54 Å². The number of rotatable bonds is 0. The zero-order valence-corrected chi connectivity index (χ0v) is 9.65. The average molecular weight is 225 g/mol. The van der Waals surface area contributed by atoms with Crippen LogP contribution in [0.25, 0.3) is 0 Å². The predicted octanol–water partition coefficient (Wildman–Crippen LogP) is 1.97. The van der Waals surface area contributed by atoms with E-state index in [-0.39, 0.29) is 12.9 Å². The summed E-state index contributed by atoms with van der Waals surface area (Å²) in [5.74, 6) is 1.37. The van der Waals surface area contributed by atoms with Crippen molar-refractivity contribution in [1.29, 1.82) is 0 Å². The lowest BCUT2D eigenvalue weighted by Gasteiger charge is -2.26. The Bertz CT molecular complexity index is 365. The zero-order valence-electron chi connectivity index (χ0n) is 9.65. The van der Waals surface area contributed by atoms with Gasteiger partial charge in [-0.2, -0.15) is 0 Å². The molecule has 88 valence electrons. The van der Waals surface area contributed by atoms with Crippen molar-refractivity contribution in [2.75, 3.05) is 13.3 Å². The second-order valence-corrected chi connectivity index (χ2v) is 4.62. The van der Waals surface area contributed by atoms with E-state index in [1.807, 2.05) is 20.8 Å². The van der Waals surface area contributed by atoms with Crippen LogP contribution in [0, 0.1) is 0 Å². The maximum Gasteiger partial charge on any atom is 0.414 e. The summed E-state index contributed by atoms with van der Waals surface area (Å²) >= 11 is 0. The van der Waals surface area contributed by atoms with Gasteiger partial charge in [-0.05, 0) is 20.8 Å². The summed E-state index contributed by atoms with van der Waals surface area (Å²) in [4.78, 5) is 13.2. The molecular formula is C11H15NO4. The number of carbonyl (C=O) groups is 1. The van der Waals surface area contributed by atoms with Gasteiger partial charge in [-0.15, -0.1) is 0 Å². The van der Waals surface area contributed by atoms with Crippen LogP contribution >= 0.6 is 0 Å². The molecule has 2 heterocycles. The van der Waals surface area contributed by atoms with E-state index in [9.17, 15) is 4.79 Å². The highest BCUT2D eigenvalue weighted by Gasteiger charge is 2.27. The monoisotopic (exact) mass is 225 g/mol. The molecule has 0 aromatic heterocycles. The Morgan fingerprint density at radius 1 is 1.44 bits per heavy atom. The number of hydrogen-bond donors (Lipinski definition) is 0. The molecule has 2 aliphatic rings. The molecule has 0 aromatic rings. The first-order valence-electron chi connectivity index (χ1n) is 5.12. The van der Waals surface area contributed by atoms with Crippen LogP contribution < -0.4 is 0 Å². The summed E-state index contributed by atoms with van der Waals surface area (Å²) in [6, 6.07) is 0. The molecule has 0 N–H and O–H groups in total. The van der Waals surface area contributed by atoms with E-state index in [4.69, 9.17) is 14.2 Å². The molecule has 0 radical (unpaired) electrons. The van der Waals surface area contributed by atoms with Gasteiger partial charge in [0.15, 0.2) is 11.5 Å². The van der Waals surface area contributed by atoms with Gasteiger partial charge in [-0.1, -0.05) is 0 Å². The fourth-order valence-corrected chi connectivity index (χ4v) is 1.39. The minimum Gasteiger partial charge on any atom is -0.456 e. The van der Waals surface area contributed by atoms with E-state index in [0.29, 0.717) is 18.1 Å². The Balaban J connectivity index is 1.99. The van der Waals surface area contributed by atoms with Gasteiger partial charge >= 0.3 is 6.09 Å². The molecule has 0 spiro atoms. The molecule has 0 saturated heterocycles. The van der Waals surface area contributed by atoms with Crippen molar-refractivity contribution in [3.8, 4) is 0 Å². The van der Waals surface area contributed by atoms with E-state index >= 15 is 0 Å². The van der Waals surface area contributed by atoms with Crippen LogP contribution in [0.5, 0.6) is 0 Å². The lowest BCUT2D eigenvalue weighted by molar-refractivity contribution is 0.0307. The van der Waals surface area contributed by atoms with Crippen LogP contribution in [0.3, 0.4) is 0 Å². The number of carbonyl (C=O) groups excluding carboxylic acids is 1. The zero-order chi connectivity index (χ0) is 11.8. The third kappa shape index (κ3) is 2.29. The van der Waals surface area contributed by atoms with E-state index < -0.39 is 5.60 Å². The molecule has 5 nitrogen and oxygen atoms in total. The van der Waals surface area contributed by atoms with Crippen molar-refractivity contribution in [3.05, 3.63) is 23.8 Å². The van der Waals surface area contributed by atoms with Crippen molar-refractivity contribution >= 4 is 6.09 Å². The fraction of sp³-hybridized carbons (Fsp3) is 0.545. The normalized spacial score (nSPS) is 19.1. The van der Waals surface area contributed by atoms with Crippen molar-refractivity contribution in [2.24, 2.45) is 0 Å². The van der Waals surface area contributed by atoms with Crippen molar-refractivity contribution in [3.63, 3.8) is 0 Å². The summed E-state index contributed by atoms with van der Waals surface area (Å²) in [5.41, 5.74) is -0.493. The number of allylic oxidation sites excluding steroid dienone is 1. The Morgan fingerprint density at radius 2 is 2.19 bits per heavy atom. The molecule has 0 saturated carbocycles. The molecule has 2 aliphatic heterocycles. The second kappa shape index (κ2) is 3.73. The molecule has 0 aliphatic carbocycles. The van der Waals surface area contributed by atoms with Crippen LogP contribution in [-0.2, 0) is 14.2 Å². The number of ether oxygens (including phenoxy) is 3. The SMILES string of the molecule is CC(C)(C)OC(=O)N1C=CC2=C(C1)OCO2. The van der Waals surface area contributed by atoms with Gasteiger partial charge < -0.3 is 14.2 Å². The molecule has 0 aromatic carbocycles. The summed E-state index contributed by atoms with van der Waals surface area (Å²) < 4.78 is 15.6. The van der Waals surface area contributed by atoms with Gasteiger partial charge in [-0.3, -0.25) is 4.90 Å². The molecule has 0 unspecified atom stereocenters. The lowest BCUT2D eigenvalue weighted by atomic mass is 10.2. The highest BCUT2D eigenvalue weighted by Crippen LogP contribution is 2.23. The van der Waals surface area contributed by atoms with Gasteiger partial charge in [0.2, 0.25) is 6.79 Å². The Kier molecular flexibility index (Phi) is 2.53. The summed E-state index contributed by atoms with van der Waals surface area (Å²) in [6.45, 7) is 6.08. The van der Waals surface area contributed by atoms with Gasteiger partial charge in [0.1, 0.15) is 5.60 Å². The number of amides is 1. The first-order valence-corrected chi connectivity index (χ1v) is 5.12. The van der Waals surface area contributed by atoms with Crippen LogP contribution in [-0.4, -0.2) is 29.9 Å². The van der Waals surface area contributed by atoms with E-state index in [0.717, 1.165) is 0 Å². The number of hydrogen-bond acceptors (Lipinski definition) is 4. The second-order valence-electron chi connectivity index (χ2n) is 4.62. The Morgan fingerprint density at radius 3 is 2.88 bits per heavy atom. The first-order chi connectivity index (χ1) is 7.46. The van der Waals surface area contributed by atoms with E-state index in [1.54, 1.807) is 12.3 Å². The Labute approximate surface area is 94.3 Å². The smallest absolute Gasteiger partial charge is 0.414 e. The molecule has 0 fully saturated rings. The van der Waals surface area contributed by atoms with Gasteiger partial charge in [-0.25, -0.2) is 4.79 Å². The molecule has 16 heavy (non-hydrogen) atoms. The van der Waals surface area contributed by atoms with Gasteiger partial charge in [0.25, 0.3) is 0 Å². The quantitative estimate of drug-likeness (QED) is 0.632. The first kappa shape index (κ1) is 10.9. The molecule has 0 atom stereocenters. The topological polar surface area (TPSA) is 48.0 Å². The third-order valence-corrected chi connectivity index (χ3v) is 2.07. The van der Waals surface area contributed by atoms with Crippen LogP contribution in [0.1, 0.15) is 20.8 Å². The minimum absolute atomic E-state index is 0.219. The molecular weight excluding hydrogens is 210 g/mol.